The Kier molecular flexibility index (Phi) is 5.57. The lowest BCUT2D eigenvalue weighted by Gasteiger charge is -2.13. The highest BCUT2D eigenvalue weighted by atomic mass is 35.5. The van der Waals surface area contributed by atoms with Gasteiger partial charge in [-0.1, -0.05) is 6.08 Å². The van der Waals surface area contributed by atoms with Gasteiger partial charge in [-0.2, -0.15) is 0 Å². The Morgan fingerprint density at radius 3 is 2.59 bits per heavy atom. The second-order valence-electron chi connectivity index (χ2n) is 4.23. The fourth-order valence-corrected chi connectivity index (χ4v) is 2.02. The van der Waals surface area contributed by atoms with Gasteiger partial charge in [0.1, 0.15) is 5.75 Å². The molecule has 0 fully saturated rings. The lowest BCUT2D eigenvalue weighted by Crippen LogP contribution is -1.97. The molecule has 1 nitrogen and oxygen atoms in total. The number of allylic oxidation sites excluding steroid dienone is 2. The summed E-state index contributed by atoms with van der Waals surface area (Å²) < 4.78 is 5.59. The summed E-state index contributed by atoms with van der Waals surface area (Å²) in [4.78, 5) is 0. The molecule has 0 unspecified atom stereocenters. The van der Waals surface area contributed by atoms with Crippen molar-refractivity contribution < 1.29 is 4.74 Å². The van der Waals surface area contributed by atoms with Crippen molar-refractivity contribution in [1.29, 1.82) is 0 Å². The average molecular weight is 253 g/mol. The topological polar surface area (TPSA) is 9.23 Å². The third-order valence-corrected chi connectivity index (χ3v) is 3.02. The van der Waals surface area contributed by atoms with E-state index in [-0.39, 0.29) is 0 Å². The standard InChI is InChI=1S/C15H21ClO/c1-5-17-15-10-12(3)14(9-13(15)4)11(2)7-6-8-16/h7,9-10H,5-6,8H2,1-4H3/b11-7+. The lowest BCUT2D eigenvalue weighted by atomic mass is 9.98. The average Bonchev–Trinajstić information content (AvgIpc) is 2.30. The van der Waals surface area contributed by atoms with Crippen LogP contribution < -0.4 is 4.74 Å². The van der Waals surface area contributed by atoms with E-state index < -0.39 is 0 Å². The molecule has 0 aliphatic heterocycles. The van der Waals surface area contributed by atoms with Crippen LogP contribution in [-0.4, -0.2) is 12.5 Å². The Morgan fingerprint density at radius 2 is 2.00 bits per heavy atom. The van der Waals surface area contributed by atoms with Gasteiger partial charge >= 0.3 is 0 Å². The van der Waals surface area contributed by atoms with E-state index in [9.17, 15) is 0 Å². The highest BCUT2D eigenvalue weighted by molar-refractivity contribution is 6.17. The van der Waals surface area contributed by atoms with Crippen molar-refractivity contribution in [2.24, 2.45) is 0 Å². The minimum absolute atomic E-state index is 0.673. The van der Waals surface area contributed by atoms with Crippen LogP contribution in [0.2, 0.25) is 0 Å². The molecule has 94 valence electrons. The number of benzene rings is 1. The molecule has 0 heterocycles. The molecule has 0 saturated heterocycles. The number of aryl methyl sites for hydroxylation is 2. The van der Waals surface area contributed by atoms with Crippen molar-refractivity contribution >= 4 is 17.2 Å². The SMILES string of the molecule is CCOc1cc(C)c(/C(C)=C/CCCl)cc1C. The van der Waals surface area contributed by atoms with Crippen molar-refractivity contribution in [2.45, 2.75) is 34.1 Å². The molecule has 1 aromatic rings. The molecule has 1 rings (SSSR count). The molecule has 0 spiro atoms. The van der Waals surface area contributed by atoms with Gasteiger partial charge in [-0.15, -0.1) is 11.6 Å². The summed E-state index contributed by atoms with van der Waals surface area (Å²) in [7, 11) is 0. The monoisotopic (exact) mass is 252 g/mol. The summed E-state index contributed by atoms with van der Waals surface area (Å²) in [6, 6.07) is 4.31. The van der Waals surface area contributed by atoms with E-state index in [0.717, 1.165) is 12.2 Å². The van der Waals surface area contributed by atoms with Gasteiger partial charge in [-0.25, -0.2) is 0 Å². The molecular weight excluding hydrogens is 232 g/mol. The zero-order valence-electron chi connectivity index (χ0n) is 11.1. The summed E-state index contributed by atoms with van der Waals surface area (Å²) in [6.07, 6.45) is 3.11. The predicted molar refractivity (Wildman–Crippen MR) is 76.1 cm³/mol. The highest BCUT2D eigenvalue weighted by Gasteiger charge is 2.06. The van der Waals surface area contributed by atoms with Crippen LogP contribution in [0.15, 0.2) is 18.2 Å². The second kappa shape index (κ2) is 6.70. The molecule has 0 N–H and O–H groups in total. The maximum Gasteiger partial charge on any atom is 0.122 e. The Labute approximate surface area is 109 Å². The molecule has 17 heavy (non-hydrogen) atoms. The first-order valence-corrected chi connectivity index (χ1v) is 6.60. The third-order valence-electron chi connectivity index (χ3n) is 2.81. The predicted octanol–water partition coefficient (Wildman–Crippen LogP) is 4.73. The molecule has 0 radical (unpaired) electrons. The maximum atomic E-state index is 5.71. The maximum absolute atomic E-state index is 5.71. The van der Waals surface area contributed by atoms with Crippen LogP contribution in [-0.2, 0) is 0 Å². The quantitative estimate of drug-likeness (QED) is 0.688. The zero-order valence-corrected chi connectivity index (χ0v) is 11.9. The summed E-state index contributed by atoms with van der Waals surface area (Å²) in [6.45, 7) is 9.06. The zero-order chi connectivity index (χ0) is 12.8. The summed E-state index contributed by atoms with van der Waals surface area (Å²) >= 11 is 5.71. The number of hydrogen-bond donors (Lipinski definition) is 0. The fourth-order valence-electron chi connectivity index (χ4n) is 1.91. The number of rotatable bonds is 5. The van der Waals surface area contributed by atoms with Gasteiger partial charge in [0.15, 0.2) is 0 Å². The van der Waals surface area contributed by atoms with Gasteiger partial charge in [0, 0.05) is 5.88 Å². The Hall–Kier alpha value is -0.950. The van der Waals surface area contributed by atoms with E-state index in [4.69, 9.17) is 16.3 Å². The molecule has 0 saturated carbocycles. The first-order valence-electron chi connectivity index (χ1n) is 6.07. The fraction of sp³-hybridized carbons (Fsp3) is 0.467. The first kappa shape index (κ1) is 14.1. The van der Waals surface area contributed by atoms with E-state index in [2.05, 4.69) is 39.0 Å². The number of hydrogen-bond acceptors (Lipinski definition) is 1. The van der Waals surface area contributed by atoms with Crippen molar-refractivity contribution in [3.8, 4) is 5.75 Å². The number of ether oxygens (including phenoxy) is 1. The van der Waals surface area contributed by atoms with Gasteiger partial charge in [0.05, 0.1) is 6.61 Å². The van der Waals surface area contributed by atoms with E-state index >= 15 is 0 Å². The van der Waals surface area contributed by atoms with Gasteiger partial charge in [0.2, 0.25) is 0 Å². The number of halogens is 1. The smallest absolute Gasteiger partial charge is 0.122 e. The van der Waals surface area contributed by atoms with Crippen molar-refractivity contribution in [2.75, 3.05) is 12.5 Å². The Bertz CT molecular complexity index is 408. The summed E-state index contributed by atoms with van der Waals surface area (Å²) in [5.41, 5.74) is 5.01. The van der Waals surface area contributed by atoms with E-state index in [1.165, 1.54) is 22.3 Å². The van der Waals surface area contributed by atoms with E-state index in [0.29, 0.717) is 12.5 Å². The summed E-state index contributed by atoms with van der Waals surface area (Å²) in [5, 5.41) is 0. The largest absolute Gasteiger partial charge is 0.494 e. The Balaban J connectivity index is 3.06. The highest BCUT2D eigenvalue weighted by Crippen LogP contribution is 2.27. The van der Waals surface area contributed by atoms with Crippen LogP contribution >= 0.6 is 11.6 Å². The van der Waals surface area contributed by atoms with Crippen LogP contribution in [0.5, 0.6) is 5.75 Å². The molecule has 0 aliphatic rings. The van der Waals surface area contributed by atoms with Gasteiger partial charge < -0.3 is 4.74 Å². The third kappa shape index (κ3) is 3.78. The van der Waals surface area contributed by atoms with Gasteiger partial charge in [-0.05, 0) is 68.5 Å². The second-order valence-corrected chi connectivity index (χ2v) is 4.61. The molecule has 0 atom stereocenters. The molecule has 1 aromatic carbocycles. The molecule has 0 bridgehead atoms. The van der Waals surface area contributed by atoms with E-state index in [1.807, 2.05) is 6.92 Å². The van der Waals surface area contributed by atoms with Crippen molar-refractivity contribution in [3.63, 3.8) is 0 Å². The minimum Gasteiger partial charge on any atom is -0.494 e. The van der Waals surface area contributed by atoms with Crippen molar-refractivity contribution in [1.82, 2.24) is 0 Å². The molecular formula is C15H21ClO. The first-order chi connectivity index (χ1) is 8.10. The normalized spacial score (nSPS) is 11.7. The van der Waals surface area contributed by atoms with Crippen LogP contribution in [0, 0.1) is 13.8 Å². The van der Waals surface area contributed by atoms with Crippen LogP contribution in [0.1, 0.15) is 37.0 Å². The molecule has 0 aliphatic carbocycles. The molecule has 2 heteroatoms. The summed E-state index contributed by atoms with van der Waals surface area (Å²) in [5.74, 6) is 1.66. The van der Waals surface area contributed by atoms with Gasteiger partial charge in [0.25, 0.3) is 0 Å². The lowest BCUT2D eigenvalue weighted by molar-refractivity contribution is 0.337. The van der Waals surface area contributed by atoms with E-state index in [1.54, 1.807) is 0 Å². The molecule has 0 amide bonds. The minimum atomic E-state index is 0.673. The van der Waals surface area contributed by atoms with Gasteiger partial charge in [-0.3, -0.25) is 0 Å². The number of alkyl halides is 1. The Morgan fingerprint density at radius 1 is 1.29 bits per heavy atom. The van der Waals surface area contributed by atoms with Crippen LogP contribution in [0.4, 0.5) is 0 Å². The van der Waals surface area contributed by atoms with Crippen LogP contribution in [0.25, 0.3) is 5.57 Å². The van der Waals surface area contributed by atoms with Crippen molar-refractivity contribution in [3.05, 3.63) is 34.9 Å². The molecule has 0 aromatic heterocycles. The van der Waals surface area contributed by atoms with Crippen LogP contribution in [0.3, 0.4) is 0 Å².